The highest BCUT2D eigenvalue weighted by Crippen LogP contribution is 2.26. The smallest absolute Gasteiger partial charge is 0.255 e. The molecule has 4 nitrogen and oxygen atoms in total. The number of hydrogen-bond acceptors (Lipinski definition) is 2. The fraction of sp³-hybridized carbons (Fsp3) is 0.200. The van der Waals surface area contributed by atoms with Gasteiger partial charge < -0.3 is 10.2 Å². The lowest BCUT2D eigenvalue weighted by Crippen LogP contribution is -2.47. The predicted molar refractivity (Wildman–Crippen MR) is 93.2 cm³/mol. The maximum absolute atomic E-state index is 12.7. The zero-order valence-electron chi connectivity index (χ0n) is 13.7. The lowest BCUT2D eigenvalue weighted by atomic mass is 10.1. The second kappa shape index (κ2) is 6.71. The average Bonchev–Trinajstić information content (AvgIpc) is 2.91. The van der Waals surface area contributed by atoms with Crippen molar-refractivity contribution in [1.29, 1.82) is 0 Å². The molecule has 0 aliphatic carbocycles. The Morgan fingerprint density at radius 1 is 1.17 bits per heavy atom. The zero-order valence-corrected chi connectivity index (χ0v) is 13.7. The molecule has 0 bridgehead atoms. The van der Waals surface area contributed by atoms with Crippen molar-refractivity contribution in [3.8, 4) is 0 Å². The first-order valence-electron chi connectivity index (χ1n) is 7.94. The minimum Gasteiger partial charge on any atom is -0.350 e. The Morgan fingerprint density at radius 2 is 1.83 bits per heavy atom. The van der Waals surface area contributed by atoms with E-state index in [2.05, 4.69) is 11.9 Å². The molecule has 1 heterocycles. The first kappa shape index (κ1) is 16.0. The molecule has 0 saturated carbocycles. The lowest BCUT2D eigenvalue weighted by molar-refractivity contribution is -0.124. The van der Waals surface area contributed by atoms with Gasteiger partial charge in [-0.3, -0.25) is 9.59 Å². The molecule has 0 radical (unpaired) electrons. The highest BCUT2D eigenvalue weighted by atomic mass is 16.2. The second-order valence-electron chi connectivity index (χ2n) is 6.04. The molecule has 0 saturated heterocycles. The number of benzene rings is 2. The molecule has 0 spiro atoms. The van der Waals surface area contributed by atoms with Crippen molar-refractivity contribution >= 4 is 11.8 Å². The summed E-state index contributed by atoms with van der Waals surface area (Å²) in [5, 5.41) is 2.91. The van der Waals surface area contributed by atoms with Crippen LogP contribution in [0.4, 0.5) is 0 Å². The highest BCUT2D eigenvalue weighted by Gasteiger charge is 2.36. The first-order chi connectivity index (χ1) is 11.6. The molecule has 0 aromatic heterocycles. The van der Waals surface area contributed by atoms with E-state index in [-0.39, 0.29) is 11.8 Å². The molecule has 1 N–H and O–H groups in total. The minimum absolute atomic E-state index is 0.117. The predicted octanol–water partition coefficient (Wildman–Crippen LogP) is 2.90. The minimum atomic E-state index is -0.659. The van der Waals surface area contributed by atoms with Crippen molar-refractivity contribution in [1.82, 2.24) is 10.2 Å². The van der Waals surface area contributed by atoms with Gasteiger partial charge in [0.1, 0.15) is 6.04 Å². The van der Waals surface area contributed by atoms with Crippen molar-refractivity contribution in [3.63, 3.8) is 0 Å². The number of carbonyl (C=O) groups excluding carboxylic acids is 2. The van der Waals surface area contributed by atoms with Crippen molar-refractivity contribution < 1.29 is 9.59 Å². The van der Waals surface area contributed by atoms with E-state index in [1.165, 1.54) is 0 Å². The number of rotatable bonds is 5. The molecular weight excluding hydrogens is 300 g/mol. The average molecular weight is 320 g/mol. The van der Waals surface area contributed by atoms with Gasteiger partial charge in [0.05, 0.1) is 0 Å². The van der Waals surface area contributed by atoms with Crippen LogP contribution in [0.2, 0.25) is 0 Å². The summed E-state index contributed by atoms with van der Waals surface area (Å²) in [4.78, 5) is 26.9. The Hall–Kier alpha value is -2.88. The molecule has 3 rings (SSSR count). The Balaban J connectivity index is 1.75. The van der Waals surface area contributed by atoms with Crippen molar-refractivity contribution in [2.24, 2.45) is 0 Å². The van der Waals surface area contributed by atoms with Crippen LogP contribution in [0.5, 0.6) is 0 Å². The third kappa shape index (κ3) is 3.08. The summed E-state index contributed by atoms with van der Waals surface area (Å²) in [6.07, 6.45) is 0. The van der Waals surface area contributed by atoms with Crippen LogP contribution in [0.3, 0.4) is 0 Å². The Kier molecular flexibility index (Phi) is 4.47. The van der Waals surface area contributed by atoms with E-state index in [0.717, 1.165) is 11.1 Å². The first-order valence-corrected chi connectivity index (χ1v) is 7.94. The fourth-order valence-electron chi connectivity index (χ4n) is 3.00. The van der Waals surface area contributed by atoms with Crippen LogP contribution in [0.1, 0.15) is 28.4 Å². The van der Waals surface area contributed by atoms with Crippen LogP contribution in [0, 0.1) is 0 Å². The molecule has 0 fully saturated rings. The Labute approximate surface area is 141 Å². The van der Waals surface area contributed by atoms with Gasteiger partial charge in [0.25, 0.3) is 5.91 Å². The van der Waals surface area contributed by atoms with E-state index in [1.807, 2.05) is 48.5 Å². The normalized spacial score (nSPS) is 14.2. The standard InChI is InChI=1S/C20H20N2O2/c1-14(2)18(19(23)21-12-15-8-4-3-5-9-15)22-13-16-10-6-7-11-17(16)20(22)24/h3-11,18H,1,12-13H2,2H3,(H,21,23)/t18-/m1/s1. The molecule has 2 amide bonds. The second-order valence-corrected chi connectivity index (χ2v) is 6.04. The Bertz CT molecular complexity index is 783. The van der Waals surface area contributed by atoms with Crippen LogP contribution in [0.15, 0.2) is 66.7 Å². The number of amides is 2. The molecule has 0 unspecified atom stereocenters. The van der Waals surface area contributed by atoms with Crippen LogP contribution in [-0.2, 0) is 17.9 Å². The molecule has 2 aromatic carbocycles. The summed E-state index contributed by atoms with van der Waals surface area (Å²) in [6, 6.07) is 16.5. The van der Waals surface area contributed by atoms with Gasteiger partial charge in [-0.15, -0.1) is 0 Å². The van der Waals surface area contributed by atoms with Gasteiger partial charge in [0.15, 0.2) is 0 Å². The van der Waals surface area contributed by atoms with Crippen LogP contribution in [-0.4, -0.2) is 22.8 Å². The van der Waals surface area contributed by atoms with E-state index in [1.54, 1.807) is 17.9 Å². The van der Waals surface area contributed by atoms with Gasteiger partial charge in [-0.1, -0.05) is 55.1 Å². The summed E-state index contributed by atoms with van der Waals surface area (Å²) < 4.78 is 0. The van der Waals surface area contributed by atoms with Crippen molar-refractivity contribution in [2.75, 3.05) is 0 Å². The highest BCUT2D eigenvalue weighted by molar-refractivity contribution is 6.01. The number of fused-ring (bicyclic) bond motifs is 1. The maximum Gasteiger partial charge on any atom is 0.255 e. The summed E-state index contributed by atoms with van der Waals surface area (Å²) in [5.74, 6) is -0.319. The monoisotopic (exact) mass is 320 g/mol. The molecule has 122 valence electrons. The van der Waals surface area contributed by atoms with Gasteiger partial charge in [0.2, 0.25) is 5.91 Å². The van der Waals surface area contributed by atoms with Crippen molar-refractivity contribution in [2.45, 2.75) is 26.1 Å². The summed E-state index contributed by atoms with van der Waals surface area (Å²) >= 11 is 0. The van der Waals surface area contributed by atoms with Gasteiger partial charge >= 0.3 is 0 Å². The maximum atomic E-state index is 12.7. The molecule has 1 aliphatic rings. The molecular formula is C20H20N2O2. The van der Waals surface area contributed by atoms with Gasteiger partial charge in [-0.05, 0) is 29.7 Å². The lowest BCUT2D eigenvalue weighted by Gasteiger charge is -2.27. The summed E-state index contributed by atoms with van der Waals surface area (Å²) in [6.45, 7) is 6.56. The summed E-state index contributed by atoms with van der Waals surface area (Å²) in [7, 11) is 0. The number of carbonyl (C=O) groups is 2. The van der Waals surface area contributed by atoms with Crippen molar-refractivity contribution in [3.05, 3.63) is 83.4 Å². The van der Waals surface area contributed by atoms with E-state index >= 15 is 0 Å². The largest absolute Gasteiger partial charge is 0.350 e. The Morgan fingerprint density at radius 3 is 2.50 bits per heavy atom. The number of hydrogen-bond donors (Lipinski definition) is 1. The van der Waals surface area contributed by atoms with Crippen LogP contribution < -0.4 is 5.32 Å². The van der Waals surface area contributed by atoms with Gasteiger partial charge in [-0.2, -0.15) is 0 Å². The SMILES string of the molecule is C=C(C)[C@H](C(=O)NCc1ccccc1)N1Cc2ccccc2C1=O. The van der Waals surface area contributed by atoms with Crippen LogP contribution in [0.25, 0.3) is 0 Å². The zero-order chi connectivity index (χ0) is 17.1. The molecule has 24 heavy (non-hydrogen) atoms. The third-order valence-electron chi connectivity index (χ3n) is 4.19. The van der Waals surface area contributed by atoms with Gasteiger partial charge in [-0.25, -0.2) is 0 Å². The third-order valence-corrected chi connectivity index (χ3v) is 4.19. The van der Waals surface area contributed by atoms with E-state index in [0.29, 0.717) is 24.2 Å². The summed E-state index contributed by atoms with van der Waals surface area (Å²) in [5.41, 5.74) is 3.29. The van der Waals surface area contributed by atoms with E-state index in [4.69, 9.17) is 0 Å². The quantitative estimate of drug-likeness (QED) is 0.861. The molecule has 4 heteroatoms. The molecule has 1 atom stereocenters. The topological polar surface area (TPSA) is 49.4 Å². The molecule has 1 aliphatic heterocycles. The van der Waals surface area contributed by atoms with Crippen LogP contribution >= 0.6 is 0 Å². The van der Waals surface area contributed by atoms with E-state index in [9.17, 15) is 9.59 Å². The van der Waals surface area contributed by atoms with Gasteiger partial charge in [0, 0.05) is 18.7 Å². The van der Waals surface area contributed by atoms with E-state index < -0.39 is 6.04 Å². The fourth-order valence-corrected chi connectivity index (χ4v) is 3.00. The number of nitrogens with zero attached hydrogens (tertiary/aromatic N) is 1. The number of nitrogens with one attached hydrogen (secondary N) is 1. The molecule has 2 aromatic rings.